The predicted octanol–water partition coefficient (Wildman–Crippen LogP) is 2.11. The molecule has 21 heavy (non-hydrogen) atoms. The summed E-state index contributed by atoms with van der Waals surface area (Å²) in [6.07, 6.45) is 0. The van der Waals surface area contributed by atoms with Gasteiger partial charge < -0.3 is 10.6 Å². The third-order valence-corrected chi connectivity index (χ3v) is 4.00. The van der Waals surface area contributed by atoms with Crippen molar-refractivity contribution in [2.24, 2.45) is 5.73 Å². The van der Waals surface area contributed by atoms with Gasteiger partial charge in [-0.25, -0.2) is 4.98 Å². The highest BCUT2D eigenvalue weighted by molar-refractivity contribution is 7.13. The van der Waals surface area contributed by atoms with E-state index in [1.54, 1.807) is 18.2 Å². The summed E-state index contributed by atoms with van der Waals surface area (Å²) in [5, 5.41) is 2.69. The van der Waals surface area contributed by atoms with Gasteiger partial charge in [-0.3, -0.25) is 9.59 Å². The molecule has 5 nitrogen and oxygen atoms in total. The van der Waals surface area contributed by atoms with Gasteiger partial charge in [-0.05, 0) is 12.1 Å². The number of primary amides is 1. The van der Waals surface area contributed by atoms with Crippen molar-refractivity contribution in [1.29, 1.82) is 0 Å². The lowest BCUT2D eigenvalue weighted by Crippen LogP contribution is -2.35. The average molecular weight is 324 g/mol. The number of aromatic nitrogens is 1. The van der Waals surface area contributed by atoms with Crippen LogP contribution in [0.3, 0.4) is 0 Å². The van der Waals surface area contributed by atoms with E-state index in [2.05, 4.69) is 4.98 Å². The number of hydrogen-bond donors (Lipinski definition) is 1. The minimum Gasteiger partial charge on any atom is -0.368 e. The molecular weight excluding hydrogens is 310 g/mol. The number of alkyl halides is 1. The molecule has 0 unspecified atom stereocenters. The monoisotopic (exact) mass is 323 g/mol. The van der Waals surface area contributed by atoms with Crippen molar-refractivity contribution in [2.75, 3.05) is 13.6 Å². The molecule has 1 aromatic heterocycles. The van der Waals surface area contributed by atoms with E-state index >= 15 is 0 Å². The molecule has 2 rings (SSSR count). The number of benzene rings is 1. The zero-order valence-corrected chi connectivity index (χ0v) is 12.9. The molecule has 0 aliphatic carbocycles. The summed E-state index contributed by atoms with van der Waals surface area (Å²) in [7, 11) is 1.54. The second kappa shape index (κ2) is 6.69. The highest BCUT2D eigenvalue weighted by atomic mass is 35.5. The number of carbonyl (C=O) groups is 2. The van der Waals surface area contributed by atoms with Crippen LogP contribution in [0.4, 0.5) is 0 Å². The SMILES string of the molecule is CN(CC(N)=O)C(=O)c1cccc(-c2nc(CCl)cs2)c1. The maximum Gasteiger partial charge on any atom is 0.254 e. The van der Waals surface area contributed by atoms with Crippen LogP contribution in [0, 0.1) is 0 Å². The summed E-state index contributed by atoms with van der Waals surface area (Å²) in [5.74, 6) is -0.449. The second-order valence-electron chi connectivity index (χ2n) is 4.49. The lowest BCUT2D eigenvalue weighted by molar-refractivity contribution is -0.118. The Labute approximate surface area is 131 Å². The van der Waals surface area contributed by atoms with E-state index < -0.39 is 5.91 Å². The third-order valence-electron chi connectivity index (χ3n) is 2.78. The van der Waals surface area contributed by atoms with Crippen LogP contribution in [-0.2, 0) is 10.7 Å². The fourth-order valence-electron chi connectivity index (χ4n) is 1.81. The van der Waals surface area contributed by atoms with E-state index in [9.17, 15) is 9.59 Å². The fourth-order valence-corrected chi connectivity index (χ4v) is 2.86. The number of halogens is 1. The zero-order chi connectivity index (χ0) is 15.4. The topological polar surface area (TPSA) is 76.3 Å². The Morgan fingerprint density at radius 1 is 1.43 bits per heavy atom. The van der Waals surface area contributed by atoms with Gasteiger partial charge in [-0.1, -0.05) is 12.1 Å². The first kappa shape index (κ1) is 15.5. The number of carbonyl (C=O) groups excluding carboxylic acids is 2. The lowest BCUT2D eigenvalue weighted by Gasteiger charge is -2.15. The van der Waals surface area contributed by atoms with Crippen molar-refractivity contribution < 1.29 is 9.59 Å². The lowest BCUT2D eigenvalue weighted by atomic mass is 10.1. The van der Waals surface area contributed by atoms with Gasteiger partial charge in [0.25, 0.3) is 5.91 Å². The number of likely N-dealkylation sites (N-methyl/N-ethyl adjacent to an activating group) is 1. The molecule has 0 saturated carbocycles. The van der Waals surface area contributed by atoms with Gasteiger partial charge in [0, 0.05) is 23.6 Å². The smallest absolute Gasteiger partial charge is 0.254 e. The first-order valence-corrected chi connectivity index (χ1v) is 7.57. The van der Waals surface area contributed by atoms with Crippen molar-refractivity contribution in [3.8, 4) is 10.6 Å². The minimum absolute atomic E-state index is 0.114. The molecule has 110 valence electrons. The second-order valence-corrected chi connectivity index (χ2v) is 5.61. The van der Waals surface area contributed by atoms with Crippen LogP contribution in [0.1, 0.15) is 16.1 Å². The third kappa shape index (κ3) is 3.80. The first-order valence-electron chi connectivity index (χ1n) is 6.16. The maximum absolute atomic E-state index is 12.2. The standard InChI is InChI=1S/C14H14ClN3O2S/c1-18(7-12(16)19)14(20)10-4-2-3-9(5-10)13-17-11(6-15)8-21-13/h2-5,8H,6-7H2,1H3,(H2,16,19). The quantitative estimate of drug-likeness (QED) is 0.856. The predicted molar refractivity (Wildman–Crippen MR) is 83.3 cm³/mol. The molecule has 0 radical (unpaired) electrons. The van der Waals surface area contributed by atoms with Crippen molar-refractivity contribution in [2.45, 2.75) is 5.88 Å². The Hall–Kier alpha value is -1.92. The summed E-state index contributed by atoms with van der Waals surface area (Å²) in [4.78, 5) is 28.7. The highest BCUT2D eigenvalue weighted by Gasteiger charge is 2.14. The van der Waals surface area contributed by atoms with Gasteiger partial charge in [0.05, 0.1) is 18.1 Å². The zero-order valence-electron chi connectivity index (χ0n) is 11.4. The van der Waals surface area contributed by atoms with Gasteiger partial charge in [0.2, 0.25) is 5.91 Å². The fraction of sp³-hybridized carbons (Fsp3) is 0.214. The highest BCUT2D eigenvalue weighted by Crippen LogP contribution is 2.25. The molecule has 1 aromatic carbocycles. The molecule has 7 heteroatoms. The van der Waals surface area contributed by atoms with E-state index in [4.69, 9.17) is 17.3 Å². The maximum atomic E-state index is 12.2. The summed E-state index contributed by atoms with van der Waals surface area (Å²) in [6.45, 7) is -0.114. The summed E-state index contributed by atoms with van der Waals surface area (Å²) in [6, 6.07) is 7.10. The van der Waals surface area contributed by atoms with Gasteiger partial charge >= 0.3 is 0 Å². The molecular formula is C14H14ClN3O2S. The Morgan fingerprint density at radius 2 is 2.19 bits per heavy atom. The molecule has 2 amide bonds. The Morgan fingerprint density at radius 3 is 2.81 bits per heavy atom. The Bertz CT molecular complexity index is 672. The van der Waals surface area contributed by atoms with E-state index in [-0.39, 0.29) is 12.5 Å². The molecule has 1 heterocycles. The molecule has 0 aliphatic rings. The van der Waals surface area contributed by atoms with E-state index in [0.29, 0.717) is 11.4 Å². The molecule has 0 atom stereocenters. The number of nitrogens with two attached hydrogens (primary N) is 1. The molecule has 0 aliphatic heterocycles. The van der Waals surface area contributed by atoms with Gasteiger partial charge in [0.15, 0.2) is 0 Å². The molecule has 2 aromatic rings. The largest absolute Gasteiger partial charge is 0.368 e. The van der Waals surface area contributed by atoms with Crippen molar-refractivity contribution in [3.05, 3.63) is 40.9 Å². The molecule has 0 fully saturated rings. The van der Waals surface area contributed by atoms with E-state index in [0.717, 1.165) is 16.3 Å². The molecule has 0 bridgehead atoms. The van der Waals surface area contributed by atoms with Crippen molar-refractivity contribution >= 4 is 34.8 Å². The average Bonchev–Trinajstić information content (AvgIpc) is 2.95. The number of rotatable bonds is 5. The van der Waals surface area contributed by atoms with Crippen LogP contribution in [0.2, 0.25) is 0 Å². The van der Waals surface area contributed by atoms with Gasteiger partial charge in [-0.2, -0.15) is 0 Å². The first-order chi connectivity index (χ1) is 10.0. The van der Waals surface area contributed by atoms with Crippen LogP contribution < -0.4 is 5.73 Å². The van der Waals surface area contributed by atoms with Gasteiger partial charge in [-0.15, -0.1) is 22.9 Å². The number of hydrogen-bond acceptors (Lipinski definition) is 4. The van der Waals surface area contributed by atoms with E-state index in [1.807, 2.05) is 11.4 Å². The number of thiazole rings is 1. The van der Waals surface area contributed by atoms with Crippen molar-refractivity contribution in [1.82, 2.24) is 9.88 Å². The minimum atomic E-state index is -0.548. The normalized spacial score (nSPS) is 10.4. The van der Waals surface area contributed by atoms with Crippen LogP contribution in [0.5, 0.6) is 0 Å². The molecule has 0 saturated heterocycles. The van der Waals surface area contributed by atoms with E-state index in [1.165, 1.54) is 23.3 Å². The summed E-state index contributed by atoms with van der Waals surface area (Å²) in [5.41, 5.74) is 7.23. The Kier molecular flexibility index (Phi) is 4.93. The van der Waals surface area contributed by atoms with Crippen LogP contribution in [-0.4, -0.2) is 35.3 Å². The molecule has 2 N–H and O–H groups in total. The van der Waals surface area contributed by atoms with Crippen LogP contribution in [0.25, 0.3) is 10.6 Å². The van der Waals surface area contributed by atoms with Crippen LogP contribution in [0.15, 0.2) is 29.6 Å². The number of amides is 2. The van der Waals surface area contributed by atoms with Gasteiger partial charge in [0.1, 0.15) is 5.01 Å². The van der Waals surface area contributed by atoms with Crippen LogP contribution >= 0.6 is 22.9 Å². The van der Waals surface area contributed by atoms with Crippen molar-refractivity contribution in [3.63, 3.8) is 0 Å². The summed E-state index contributed by atoms with van der Waals surface area (Å²) < 4.78 is 0. The number of nitrogens with zero attached hydrogens (tertiary/aromatic N) is 2. The summed E-state index contributed by atoms with van der Waals surface area (Å²) >= 11 is 7.21. The molecule has 0 spiro atoms. The Balaban J connectivity index is 2.25.